The lowest BCUT2D eigenvalue weighted by Crippen LogP contribution is -2.26. The molecule has 2 aliphatic carbocycles. The molecule has 0 radical (unpaired) electrons. The maximum absolute atomic E-state index is 14.8. The average molecular weight is 403 g/mol. The van der Waals surface area contributed by atoms with E-state index >= 15 is 0 Å². The summed E-state index contributed by atoms with van der Waals surface area (Å²) in [6.07, 6.45) is 16.9. The molecule has 0 unspecified atom stereocenters. The Morgan fingerprint density at radius 3 is 2.00 bits per heavy atom. The highest BCUT2D eigenvalue weighted by Gasteiger charge is 2.33. The molecule has 2 fully saturated rings. The summed E-state index contributed by atoms with van der Waals surface area (Å²) in [4.78, 5) is 0. The van der Waals surface area contributed by atoms with E-state index in [1.54, 1.807) is 0 Å². The summed E-state index contributed by atoms with van der Waals surface area (Å²) in [5, 5.41) is 0. The van der Waals surface area contributed by atoms with Crippen LogP contribution in [0, 0.1) is 29.4 Å². The van der Waals surface area contributed by atoms with E-state index in [-0.39, 0.29) is 11.3 Å². The van der Waals surface area contributed by atoms with Gasteiger partial charge in [0, 0.05) is 0 Å². The van der Waals surface area contributed by atoms with E-state index in [1.165, 1.54) is 51.4 Å². The van der Waals surface area contributed by atoms with E-state index < -0.39 is 11.6 Å². The normalized spacial score (nSPS) is 28.8. The highest BCUT2D eigenvalue weighted by molar-refractivity contribution is 5.33. The molecule has 2 aliphatic rings. The Bertz CT molecular complexity index is 681. The van der Waals surface area contributed by atoms with E-state index in [0.717, 1.165) is 30.6 Å². The predicted molar refractivity (Wildman–Crippen MR) is 119 cm³/mol. The first-order valence-electron chi connectivity index (χ1n) is 11.9. The maximum atomic E-state index is 14.8. The number of benzene rings is 1. The second kappa shape index (κ2) is 9.75. The van der Waals surface area contributed by atoms with E-state index in [0.29, 0.717) is 11.1 Å². The summed E-state index contributed by atoms with van der Waals surface area (Å²) in [6, 6.07) is 3.68. The third-order valence-corrected chi connectivity index (χ3v) is 7.67. The standard InChI is InChI=1S/C27H40F2/c1-5-6-7-8-19-9-11-20(12-10-19)21-13-15-22(16-14-21)23-17-18-24(27(2,3)4)26(29)25(23)28/h5-6,17-22H,7-16H2,1-4H3. The Balaban J connectivity index is 1.53. The topological polar surface area (TPSA) is 0 Å². The molecular formula is C27H40F2. The van der Waals surface area contributed by atoms with Crippen LogP contribution in [-0.4, -0.2) is 0 Å². The molecule has 1 aromatic rings. The SMILES string of the molecule is CC=CCCC1CCC(C2CCC(c3ccc(C(C)(C)C)c(F)c3F)CC2)CC1. The lowest BCUT2D eigenvalue weighted by molar-refractivity contribution is 0.156. The molecule has 0 heterocycles. The molecule has 0 bridgehead atoms. The first-order chi connectivity index (χ1) is 13.8. The molecule has 0 N–H and O–H groups in total. The van der Waals surface area contributed by atoms with Crippen LogP contribution in [0.25, 0.3) is 0 Å². The minimum atomic E-state index is -0.631. The van der Waals surface area contributed by atoms with Crippen LogP contribution in [0.2, 0.25) is 0 Å². The van der Waals surface area contributed by atoms with E-state index in [9.17, 15) is 8.78 Å². The molecular weight excluding hydrogens is 362 g/mol. The molecule has 0 atom stereocenters. The summed E-state index contributed by atoms with van der Waals surface area (Å²) in [6.45, 7) is 7.91. The summed E-state index contributed by atoms with van der Waals surface area (Å²) in [7, 11) is 0. The number of hydrogen-bond donors (Lipinski definition) is 0. The van der Waals surface area contributed by atoms with Gasteiger partial charge >= 0.3 is 0 Å². The van der Waals surface area contributed by atoms with Gasteiger partial charge in [-0.2, -0.15) is 0 Å². The summed E-state index contributed by atoms with van der Waals surface area (Å²) >= 11 is 0. The Morgan fingerprint density at radius 1 is 0.862 bits per heavy atom. The Morgan fingerprint density at radius 2 is 1.45 bits per heavy atom. The van der Waals surface area contributed by atoms with Gasteiger partial charge < -0.3 is 0 Å². The fraction of sp³-hybridized carbons (Fsp3) is 0.704. The zero-order chi connectivity index (χ0) is 21.0. The van der Waals surface area contributed by atoms with Gasteiger partial charge in [0.1, 0.15) is 0 Å². The monoisotopic (exact) mass is 402 g/mol. The van der Waals surface area contributed by atoms with Crippen LogP contribution in [-0.2, 0) is 5.41 Å². The number of allylic oxidation sites excluding steroid dienone is 2. The van der Waals surface area contributed by atoms with Crippen molar-refractivity contribution in [2.45, 2.75) is 103 Å². The van der Waals surface area contributed by atoms with E-state index in [4.69, 9.17) is 0 Å². The van der Waals surface area contributed by atoms with Crippen molar-refractivity contribution in [3.63, 3.8) is 0 Å². The van der Waals surface area contributed by atoms with Crippen LogP contribution in [0.5, 0.6) is 0 Å². The van der Waals surface area contributed by atoms with Crippen LogP contribution in [0.15, 0.2) is 24.3 Å². The molecule has 0 nitrogen and oxygen atoms in total. The summed E-state index contributed by atoms with van der Waals surface area (Å²) in [5.41, 5.74) is 0.729. The van der Waals surface area contributed by atoms with Crippen LogP contribution in [0.3, 0.4) is 0 Å². The maximum Gasteiger partial charge on any atom is 0.162 e. The number of halogens is 2. The van der Waals surface area contributed by atoms with Crippen molar-refractivity contribution >= 4 is 0 Å². The van der Waals surface area contributed by atoms with Gasteiger partial charge in [0.15, 0.2) is 11.6 Å². The average Bonchev–Trinajstić information content (AvgIpc) is 2.70. The van der Waals surface area contributed by atoms with Gasteiger partial charge in [-0.05, 0) is 98.5 Å². The Labute approximate surface area is 177 Å². The number of hydrogen-bond acceptors (Lipinski definition) is 0. The smallest absolute Gasteiger partial charge is 0.162 e. The molecule has 29 heavy (non-hydrogen) atoms. The largest absolute Gasteiger partial charge is 0.203 e. The van der Waals surface area contributed by atoms with E-state index in [1.807, 2.05) is 32.9 Å². The molecule has 162 valence electrons. The van der Waals surface area contributed by atoms with Gasteiger partial charge in [-0.3, -0.25) is 0 Å². The molecule has 0 spiro atoms. The van der Waals surface area contributed by atoms with Gasteiger partial charge in [0.25, 0.3) is 0 Å². The zero-order valence-corrected chi connectivity index (χ0v) is 18.9. The molecule has 3 rings (SSSR count). The lowest BCUT2D eigenvalue weighted by Gasteiger charge is -2.38. The van der Waals surface area contributed by atoms with Crippen LogP contribution >= 0.6 is 0 Å². The van der Waals surface area contributed by atoms with Crippen LogP contribution in [0.4, 0.5) is 8.78 Å². The third-order valence-electron chi connectivity index (χ3n) is 7.67. The quantitative estimate of drug-likeness (QED) is 0.432. The van der Waals surface area contributed by atoms with Crippen LogP contribution in [0.1, 0.15) is 109 Å². The molecule has 0 saturated heterocycles. The van der Waals surface area contributed by atoms with Crippen molar-refractivity contribution in [2.75, 3.05) is 0 Å². The van der Waals surface area contributed by atoms with Gasteiger partial charge in [0.2, 0.25) is 0 Å². The minimum Gasteiger partial charge on any atom is -0.203 e. The van der Waals surface area contributed by atoms with Crippen molar-refractivity contribution in [2.24, 2.45) is 17.8 Å². The zero-order valence-electron chi connectivity index (χ0n) is 18.9. The van der Waals surface area contributed by atoms with Crippen molar-refractivity contribution in [3.8, 4) is 0 Å². The Kier molecular flexibility index (Phi) is 7.57. The Hall–Kier alpha value is -1.18. The van der Waals surface area contributed by atoms with Gasteiger partial charge in [-0.15, -0.1) is 0 Å². The fourth-order valence-electron chi connectivity index (χ4n) is 5.81. The predicted octanol–water partition coefficient (Wildman–Crippen LogP) is 8.70. The fourth-order valence-corrected chi connectivity index (χ4v) is 5.81. The first kappa shape index (κ1) is 22.5. The van der Waals surface area contributed by atoms with Gasteiger partial charge in [-0.25, -0.2) is 8.78 Å². The van der Waals surface area contributed by atoms with E-state index in [2.05, 4.69) is 19.1 Å². The highest BCUT2D eigenvalue weighted by atomic mass is 19.2. The second-order valence-electron chi connectivity index (χ2n) is 10.6. The van der Waals surface area contributed by atoms with Gasteiger partial charge in [-0.1, -0.05) is 57.9 Å². The van der Waals surface area contributed by atoms with Crippen molar-refractivity contribution in [3.05, 3.63) is 47.0 Å². The molecule has 2 heteroatoms. The minimum absolute atomic E-state index is 0.187. The molecule has 0 aliphatic heterocycles. The second-order valence-corrected chi connectivity index (χ2v) is 10.6. The lowest BCUT2D eigenvalue weighted by atomic mass is 9.68. The molecule has 0 aromatic heterocycles. The number of rotatable bonds is 5. The summed E-state index contributed by atoms with van der Waals surface area (Å²) < 4.78 is 29.5. The molecule has 1 aromatic carbocycles. The summed E-state index contributed by atoms with van der Waals surface area (Å²) in [5.74, 6) is 1.53. The van der Waals surface area contributed by atoms with Crippen molar-refractivity contribution in [1.82, 2.24) is 0 Å². The molecule has 2 saturated carbocycles. The third kappa shape index (κ3) is 5.50. The first-order valence-corrected chi connectivity index (χ1v) is 11.9. The van der Waals surface area contributed by atoms with Crippen molar-refractivity contribution < 1.29 is 8.78 Å². The highest BCUT2D eigenvalue weighted by Crippen LogP contribution is 2.45. The van der Waals surface area contributed by atoms with Crippen LogP contribution < -0.4 is 0 Å². The van der Waals surface area contributed by atoms with Crippen molar-refractivity contribution in [1.29, 1.82) is 0 Å². The van der Waals surface area contributed by atoms with Gasteiger partial charge in [0.05, 0.1) is 0 Å². The molecule has 0 amide bonds.